The fraction of sp³-hybridized carbons (Fsp3) is 0.812. The third-order valence-electron chi connectivity index (χ3n) is 4.77. The van der Waals surface area contributed by atoms with Gasteiger partial charge in [0.25, 0.3) is 0 Å². The zero-order valence-corrected chi connectivity index (χ0v) is 14.5. The summed E-state index contributed by atoms with van der Waals surface area (Å²) in [6.07, 6.45) is -4.38. The molecule has 0 aliphatic carbocycles. The van der Waals surface area contributed by atoms with E-state index >= 15 is 0 Å². The van der Waals surface area contributed by atoms with Crippen molar-refractivity contribution in [3.05, 3.63) is 0 Å². The largest absolute Gasteiger partial charge is 0.471 e. The first-order chi connectivity index (χ1) is 11.6. The fourth-order valence-corrected chi connectivity index (χ4v) is 3.28. The SMILES string of the molecule is CC(C)C(=O)N1CCN(C(=O)C2CCN(C(=O)C(F)(F)F)CC2)CC1. The Balaban J connectivity index is 1.82. The van der Waals surface area contributed by atoms with Crippen molar-refractivity contribution < 1.29 is 27.6 Å². The van der Waals surface area contributed by atoms with Crippen molar-refractivity contribution in [2.75, 3.05) is 39.3 Å². The van der Waals surface area contributed by atoms with E-state index in [4.69, 9.17) is 0 Å². The second-order valence-corrected chi connectivity index (χ2v) is 6.87. The summed E-state index contributed by atoms with van der Waals surface area (Å²) in [5, 5.41) is 0. The number of likely N-dealkylation sites (tertiary alicyclic amines) is 1. The van der Waals surface area contributed by atoms with Crippen LogP contribution < -0.4 is 0 Å². The highest BCUT2D eigenvalue weighted by Crippen LogP contribution is 2.25. The van der Waals surface area contributed by atoms with Gasteiger partial charge in [-0.15, -0.1) is 0 Å². The Labute approximate surface area is 144 Å². The van der Waals surface area contributed by atoms with Crippen LogP contribution in [-0.2, 0) is 14.4 Å². The molecule has 0 N–H and O–H groups in total. The van der Waals surface area contributed by atoms with Crippen molar-refractivity contribution in [2.45, 2.75) is 32.9 Å². The number of piperidine rings is 1. The zero-order valence-electron chi connectivity index (χ0n) is 14.5. The van der Waals surface area contributed by atoms with Gasteiger partial charge >= 0.3 is 12.1 Å². The quantitative estimate of drug-likeness (QED) is 0.739. The standard InChI is InChI=1S/C16H24F3N3O3/c1-11(2)13(23)20-7-9-21(10-8-20)14(24)12-3-5-22(6-4-12)15(25)16(17,18)19/h11-12H,3-10H2,1-2H3. The Morgan fingerprint density at radius 2 is 1.32 bits per heavy atom. The van der Waals surface area contributed by atoms with Crippen LogP contribution in [0.15, 0.2) is 0 Å². The Bertz CT molecular complexity index is 520. The molecule has 9 heteroatoms. The average Bonchev–Trinajstić information content (AvgIpc) is 2.59. The van der Waals surface area contributed by atoms with Gasteiger partial charge in [-0.25, -0.2) is 0 Å². The van der Waals surface area contributed by atoms with Crippen molar-refractivity contribution in [1.82, 2.24) is 14.7 Å². The predicted octanol–water partition coefficient (Wildman–Crippen LogP) is 1.11. The third kappa shape index (κ3) is 4.64. The number of hydrogen-bond acceptors (Lipinski definition) is 3. The number of alkyl halides is 3. The molecule has 6 nitrogen and oxygen atoms in total. The maximum atomic E-state index is 12.5. The van der Waals surface area contributed by atoms with Gasteiger partial charge < -0.3 is 14.7 Å². The molecule has 142 valence electrons. The first-order valence-corrected chi connectivity index (χ1v) is 8.55. The first-order valence-electron chi connectivity index (χ1n) is 8.55. The van der Waals surface area contributed by atoms with Crippen LogP contribution in [0.25, 0.3) is 0 Å². The first kappa shape index (κ1) is 19.5. The number of rotatable bonds is 2. The molecule has 0 aromatic heterocycles. The lowest BCUT2D eigenvalue weighted by Gasteiger charge is -2.39. The molecule has 2 aliphatic rings. The van der Waals surface area contributed by atoms with Crippen LogP contribution in [0.3, 0.4) is 0 Å². The number of carbonyl (C=O) groups excluding carboxylic acids is 3. The number of nitrogens with zero attached hydrogens (tertiary/aromatic N) is 3. The number of piperazine rings is 1. The average molecular weight is 363 g/mol. The summed E-state index contributed by atoms with van der Waals surface area (Å²) in [6.45, 7) is 5.40. The van der Waals surface area contributed by atoms with E-state index in [0.717, 1.165) is 4.90 Å². The molecule has 3 amide bonds. The summed E-state index contributed by atoms with van der Waals surface area (Å²) in [6, 6.07) is 0. The van der Waals surface area contributed by atoms with E-state index < -0.39 is 12.1 Å². The maximum Gasteiger partial charge on any atom is 0.471 e. The molecule has 2 heterocycles. The molecule has 2 fully saturated rings. The van der Waals surface area contributed by atoms with Gasteiger partial charge in [0.1, 0.15) is 0 Å². The van der Waals surface area contributed by atoms with Gasteiger partial charge in [-0.3, -0.25) is 14.4 Å². The number of amides is 3. The monoisotopic (exact) mass is 363 g/mol. The van der Waals surface area contributed by atoms with Crippen LogP contribution in [0.2, 0.25) is 0 Å². The Morgan fingerprint density at radius 3 is 1.76 bits per heavy atom. The summed E-state index contributed by atoms with van der Waals surface area (Å²) < 4.78 is 37.3. The minimum absolute atomic E-state index is 0.0550. The van der Waals surface area contributed by atoms with Crippen LogP contribution in [0.4, 0.5) is 13.2 Å². The van der Waals surface area contributed by atoms with Gasteiger partial charge in [-0.2, -0.15) is 13.2 Å². The van der Waals surface area contributed by atoms with Crippen molar-refractivity contribution in [3.63, 3.8) is 0 Å². The highest BCUT2D eigenvalue weighted by Gasteiger charge is 2.44. The van der Waals surface area contributed by atoms with Crippen molar-refractivity contribution in [2.24, 2.45) is 11.8 Å². The molecule has 0 radical (unpaired) electrons. The molecular weight excluding hydrogens is 339 g/mol. The summed E-state index contributed by atoms with van der Waals surface area (Å²) in [7, 11) is 0. The highest BCUT2D eigenvalue weighted by molar-refractivity contribution is 5.83. The molecule has 0 bridgehead atoms. The maximum absolute atomic E-state index is 12.5. The van der Waals surface area contributed by atoms with Gasteiger partial charge in [-0.1, -0.05) is 13.8 Å². The Morgan fingerprint density at radius 1 is 0.840 bits per heavy atom. The zero-order chi connectivity index (χ0) is 18.8. The second-order valence-electron chi connectivity index (χ2n) is 6.87. The third-order valence-corrected chi connectivity index (χ3v) is 4.77. The number of hydrogen-bond donors (Lipinski definition) is 0. The van der Waals surface area contributed by atoms with Crippen LogP contribution >= 0.6 is 0 Å². The van der Waals surface area contributed by atoms with Gasteiger partial charge in [0.2, 0.25) is 11.8 Å². The van der Waals surface area contributed by atoms with Gasteiger partial charge in [0, 0.05) is 51.1 Å². The minimum Gasteiger partial charge on any atom is -0.339 e. The predicted molar refractivity (Wildman–Crippen MR) is 83.4 cm³/mol. The molecule has 0 atom stereocenters. The summed E-state index contributed by atoms with van der Waals surface area (Å²) in [5.41, 5.74) is 0. The van der Waals surface area contributed by atoms with E-state index in [1.54, 1.807) is 9.80 Å². The van der Waals surface area contributed by atoms with Crippen molar-refractivity contribution in [1.29, 1.82) is 0 Å². The molecule has 0 saturated carbocycles. The van der Waals surface area contributed by atoms with E-state index in [-0.39, 0.29) is 49.6 Å². The van der Waals surface area contributed by atoms with Crippen LogP contribution in [0.1, 0.15) is 26.7 Å². The van der Waals surface area contributed by atoms with Crippen LogP contribution in [-0.4, -0.2) is 77.9 Å². The van der Waals surface area contributed by atoms with E-state index in [1.165, 1.54) is 0 Å². The number of carbonyl (C=O) groups is 3. The topological polar surface area (TPSA) is 60.9 Å². The second kappa shape index (κ2) is 7.61. The molecule has 2 aliphatic heterocycles. The molecule has 0 aromatic rings. The van der Waals surface area contributed by atoms with E-state index in [9.17, 15) is 27.6 Å². The smallest absolute Gasteiger partial charge is 0.339 e. The van der Waals surface area contributed by atoms with Crippen LogP contribution in [0, 0.1) is 11.8 Å². The summed E-state index contributed by atoms with van der Waals surface area (Å²) >= 11 is 0. The lowest BCUT2D eigenvalue weighted by molar-refractivity contribution is -0.187. The lowest BCUT2D eigenvalue weighted by Crippen LogP contribution is -2.54. The van der Waals surface area contributed by atoms with Gasteiger partial charge in [-0.05, 0) is 12.8 Å². The van der Waals surface area contributed by atoms with E-state index in [2.05, 4.69) is 0 Å². The fourth-order valence-electron chi connectivity index (χ4n) is 3.28. The summed E-state index contributed by atoms with van der Waals surface area (Å²) in [4.78, 5) is 39.9. The highest BCUT2D eigenvalue weighted by atomic mass is 19.4. The molecule has 0 spiro atoms. The molecule has 2 rings (SSSR count). The molecule has 25 heavy (non-hydrogen) atoms. The van der Waals surface area contributed by atoms with Crippen molar-refractivity contribution in [3.8, 4) is 0 Å². The van der Waals surface area contributed by atoms with Crippen LogP contribution in [0.5, 0.6) is 0 Å². The van der Waals surface area contributed by atoms with E-state index in [1.807, 2.05) is 13.8 Å². The summed E-state index contributed by atoms with van der Waals surface area (Å²) in [5.74, 6) is -2.30. The number of halogens is 3. The van der Waals surface area contributed by atoms with E-state index in [0.29, 0.717) is 26.2 Å². The van der Waals surface area contributed by atoms with Gasteiger partial charge in [0.15, 0.2) is 0 Å². The molecular formula is C16H24F3N3O3. The molecule has 0 aromatic carbocycles. The normalized spacial score (nSPS) is 20.2. The molecule has 0 unspecified atom stereocenters. The van der Waals surface area contributed by atoms with Crippen molar-refractivity contribution >= 4 is 17.7 Å². The minimum atomic E-state index is -4.86. The Hall–Kier alpha value is -1.80. The molecule has 2 saturated heterocycles. The lowest BCUT2D eigenvalue weighted by atomic mass is 9.95. The Kier molecular flexibility index (Phi) is 5.95. The van der Waals surface area contributed by atoms with Gasteiger partial charge in [0.05, 0.1) is 0 Å².